The minimum atomic E-state index is -0.0340. The van der Waals surface area contributed by atoms with Gasteiger partial charge < -0.3 is 20.3 Å². The lowest BCUT2D eigenvalue weighted by molar-refractivity contribution is -0.127. The Labute approximate surface area is 185 Å². The Morgan fingerprint density at radius 3 is 2.68 bits per heavy atom. The van der Waals surface area contributed by atoms with Crippen LogP contribution in [0, 0.1) is 12.8 Å². The van der Waals surface area contributed by atoms with Gasteiger partial charge in [0.2, 0.25) is 5.91 Å². The van der Waals surface area contributed by atoms with Gasteiger partial charge >= 0.3 is 0 Å². The predicted molar refractivity (Wildman–Crippen MR) is 125 cm³/mol. The number of rotatable bonds is 7. The van der Waals surface area contributed by atoms with Crippen molar-refractivity contribution >= 4 is 35.8 Å². The number of hydrogen-bond acceptors (Lipinski definition) is 3. The highest BCUT2D eigenvalue weighted by atomic mass is 127. The van der Waals surface area contributed by atoms with Crippen LogP contribution < -0.4 is 10.6 Å². The van der Waals surface area contributed by atoms with Gasteiger partial charge in [-0.2, -0.15) is 0 Å². The summed E-state index contributed by atoms with van der Waals surface area (Å²) in [6.45, 7) is 8.04. The molecule has 0 aliphatic carbocycles. The summed E-state index contributed by atoms with van der Waals surface area (Å²) in [5.41, 5.74) is 2.46. The van der Waals surface area contributed by atoms with Gasteiger partial charge in [0.05, 0.1) is 6.10 Å². The van der Waals surface area contributed by atoms with E-state index in [2.05, 4.69) is 53.4 Å². The van der Waals surface area contributed by atoms with Crippen molar-refractivity contribution in [1.29, 1.82) is 0 Å². The number of benzene rings is 1. The van der Waals surface area contributed by atoms with E-state index in [9.17, 15) is 4.79 Å². The van der Waals surface area contributed by atoms with Crippen LogP contribution in [-0.2, 0) is 9.53 Å². The van der Waals surface area contributed by atoms with E-state index in [1.54, 1.807) is 20.2 Å². The number of hydrogen-bond donors (Lipinski definition) is 2. The largest absolute Gasteiger partial charge is 0.373 e. The maximum absolute atomic E-state index is 11.8. The molecular formula is C21H33IN4O2. The minimum Gasteiger partial charge on any atom is -0.373 e. The molecule has 1 fully saturated rings. The Bertz CT molecular complexity index is 646. The Kier molecular flexibility index (Phi) is 11.1. The monoisotopic (exact) mass is 500 g/mol. The van der Waals surface area contributed by atoms with Crippen LogP contribution >= 0.6 is 24.0 Å². The number of guanidine groups is 1. The van der Waals surface area contributed by atoms with Crippen LogP contribution in [0.3, 0.4) is 0 Å². The zero-order valence-corrected chi connectivity index (χ0v) is 19.4. The number of nitrogens with one attached hydrogen (secondary N) is 2. The van der Waals surface area contributed by atoms with Crippen molar-refractivity contribution < 1.29 is 9.53 Å². The van der Waals surface area contributed by atoms with E-state index in [1.165, 1.54) is 16.0 Å². The molecule has 1 aliphatic rings. The highest BCUT2D eigenvalue weighted by Gasteiger charge is 2.27. The van der Waals surface area contributed by atoms with Gasteiger partial charge in [-0.25, -0.2) is 4.99 Å². The second kappa shape index (κ2) is 12.8. The molecule has 156 valence electrons. The van der Waals surface area contributed by atoms with Crippen molar-refractivity contribution in [2.75, 3.05) is 40.3 Å². The van der Waals surface area contributed by atoms with Gasteiger partial charge in [-0.05, 0) is 25.3 Å². The van der Waals surface area contributed by atoms with Crippen molar-refractivity contribution in [3.05, 3.63) is 48.0 Å². The quantitative estimate of drug-likeness (QED) is 0.262. The Hall–Kier alpha value is -1.61. The fourth-order valence-corrected chi connectivity index (χ4v) is 3.04. The highest BCUT2D eigenvalue weighted by molar-refractivity contribution is 14.0. The number of aryl methyl sites for hydroxylation is 1. The van der Waals surface area contributed by atoms with E-state index < -0.39 is 0 Å². The summed E-state index contributed by atoms with van der Waals surface area (Å²) in [6, 6.07) is 8.56. The van der Waals surface area contributed by atoms with Gasteiger partial charge in [0.15, 0.2) is 5.96 Å². The lowest BCUT2D eigenvalue weighted by atomic mass is 9.89. The summed E-state index contributed by atoms with van der Waals surface area (Å²) in [6.07, 6.45) is 4.00. The van der Waals surface area contributed by atoms with E-state index in [-0.39, 0.29) is 42.5 Å². The molecule has 2 unspecified atom stereocenters. The molecular weight excluding hydrogens is 467 g/mol. The Morgan fingerprint density at radius 2 is 2.04 bits per heavy atom. The number of halogens is 1. The summed E-state index contributed by atoms with van der Waals surface area (Å²) < 4.78 is 6.08. The summed E-state index contributed by atoms with van der Waals surface area (Å²) in [5.74, 6) is 0.938. The zero-order chi connectivity index (χ0) is 19.6. The SMILES string of the molecule is C=CCNC(=NCC(=O)N(C)C)NCC1CCCOC1c1ccc(C)cc1.I. The van der Waals surface area contributed by atoms with E-state index >= 15 is 0 Å². The molecule has 2 rings (SSSR count). The summed E-state index contributed by atoms with van der Waals surface area (Å²) >= 11 is 0. The number of aliphatic imine (C=N–C) groups is 1. The first-order valence-electron chi connectivity index (χ1n) is 9.52. The molecule has 0 saturated carbocycles. The van der Waals surface area contributed by atoms with Gasteiger partial charge in [-0.3, -0.25) is 4.79 Å². The topological polar surface area (TPSA) is 66.0 Å². The fraction of sp³-hybridized carbons (Fsp3) is 0.524. The maximum atomic E-state index is 11.8. The first-order valence-corrected chi connectivity index (χ1v) is 9.52. The van der Waals surface area contributed by atoms with Gasteiger partial charge in [0.25, 0.3) is 0 Å². The van der Waals surface area contributed by atoms with Gasteiger partial charge in [0.1, 0.15) is 6.54 Å². The molecule has 0 radical (unpaired) electrons. The molecule has 1 amide bonds. The van der Waals surface area contributed by atoms with E-state index in [0.29, 0.717) is 18.4 Å². The van der Waals surface area contributed by atoms with Crippen LogP contribution in [0.1, 0.15) is 30.1 Å². The van der Waals surface area contributed by atoms with Gasteiger partial charge in [0, 0.05) is 39.7 Å². The highest BCUT2D eigenvalue weighted by Crippen LogP contribution is 2.33. The van der Waals surface area contributed by atoms with Crippen LogP contribution in [0.25, 0.3) is 0 Å². The average molecular weight is 500 g/mol. The fourth-order valence-electron chi connectivity index (χ4n) is 3.04. The third-order valence-corrected chi connectivity index (χ3v) is 4.67. The lowest BCUT2D eigenvalue weighted by Gasteiger charge is -2.32. The van der Waals surface area contributed by atoms with Crippen molar-refractivity contribution in [1.82, 2.24) is 15.5 Å². The number of likely N-dealkylation sites (N-methyl/N-ethyl adjacent to an activating group) is 1. The van der Waals surface area contributed by atoms with E-state index in [0.717, 1.165) is 26.0 Å². The van der Waals surface area contributed by atoms with Gasteiger partial charge in [-0.1, -0.05) is 35.9 Å². The second-order valence-corrected chi connectivity index (χ2v) is 7.11. The van der Waals surface area contributed by atoms with Crippen LogP contribution in [0.5, 0.6) is 0 Å². The Morgan fingerprint density at radius 1 is 1.32 bits per heavy atom. The standard InChI is InChI=1S/C21H32N4O2.HI/c1-5-12-22-21(24-15-19(26)25(3)4)23-14-18-7-6-13-27-20(18)17-10-8-16(2)9-11-17;/h5,8-11,18,20H,1,6-7,12-15H2,2-4H3,(H2,22,23,24);1H. The number of nitrogens with zero attached hydrogens (tertiary/aromatic N) is 2. The smallest absolute Gasteiger partial charge is 0.243 e. The number of ether oxygens (including phenoxy) is 1. The first-order chi connectivity index (χ1) is 13.0. The number of carbonyl (C=O) groups excluding carboxylic acids is 1. The molecule has 2 atom stereocenters. The molecule has 1 aromatic carbocycles. The van der Waals surface area contributed by atoms with Crippen molar-refractivity contribution in [2.45, 2.75) is 25.9 Å². The minimum absolute atomic E-state index is 0. The van der Waals surface area contributed by atoms with E-state index in [1.807, 2.05) is 0 Å². The molecule has 1 saturated heterocycles. The maximum Gasteiger partial charge on any atom is 0.243 e. The second-order valence-electron chi connectivity index (χ2n) is 7.11. The summed E-state index contributed by atoms with van der Waals surface area (Å²) in [5, 5.41) is 6.54. The number of carbonyl (C=O) groups is 1. The molecule has 28 heavy (non-hydrogen) atoms. The van der Waals surface area contributed by atoms with Crippen molar-refractivity contribution in [3.8, 4) is 0 Å². The summed E-state index contributed by atoms with van der Waals surface area (Å²) in [7, 11) is 3.46. The molecule has 0 spiro atoms. The average Bonchev–Trinajstić information content (AvgIpc) is 2.68. The van der Waals surface area contributed by atoms with Crippen molar-refractivity contribution in [3.63, 3.8) is 0 Å². The molecule has 0 aromatic heterocycles. The van der Waals surface area contributed by atoms with Gasteiger partial charge in [-0.15, -0.1) is 30.6 Å². The molecule has 6 nitrogen and oxygen atoms in total. The Balaban J connectivity index is 0.00000392. The zero-order valence-electron chi connectivity index (χ0n) is 17.1. The number of amides is 1. The first kappa shape index (κ1) is 24.4. The normalized spacial score (nSPS) is 19.3. The predicted octanol–water partition coefficient (Wildman–Crippen LogP) is 2.89. The molecule has 1 aliphatic heterocycles. The summed E-state index contributed by atoms with van der Waals surface area (Å²) in [4.78, 5) is 17.7. The molecule has 2 N–H and O–H groups in total. The molecule has 7 heteroatoms. The molecule has 1 aromatic rings. The van der Waals surface area contributed by atoms with E-state index in [4.69, 9.17) is 4.74 Å². The third-order valence-electron chi connectivity index (χ3n) is 4.67. The van der Waals surface area contributed by atoms with Crippen LogP contribution in [0.2, 0.25) is 0 Å². The molecule has 1 heterocycles. The van der Waals surface area contributed by atoms with Crippen LogP contribution in [0.4, 0.5) is 0 Å². The van der Waals surface area contributed by atoms with Crippen molar-refractivity contribution in [2.24, 2.45) is 10.9 Å². The third kappa shape index (κ3) is 7.79. The lowest BCUT2D eigenvalue weighted by Crippen LogP contribution is -2.42. The van der Waals surface area contributed by atoms with Crippen LogP contribution in [-0.4, -0.2) is 57.1 Å². The molecule has 0 bridgehead atoms. The van der Waals surface area contributed by atoms with Crippen LogP contribution in [0.15, 0.2) is 41.9 Å².